The molecule has 4 rings (SSSR count). The van der Waals surface area contributed by atoms with Crippen LogP contribution in [0.25, 0.3) is 0 Å². The number of aliphatic hydroxyl groups excluding tert-OH is 4. The maximum atomic E-state index is 10.4. The van der Waals surface area contributed by atoms with Crippen LogP contribution in [-0.4, -0.2) is 84.0 Å². The Bertz CT molecular complexity index is 916. The van der Waals surface area contributed by atoms with Gasteiger partial charge in [0.05, 0.1) is 25.9 Å². The molecule has 2 fully saturated rings. The van der Waals surface area contributed by atoms with Crippen LogP contribution in [0.15, 0.2) is 42.5 Å². The van der Waals surface area contributed by atoms with E-state index in [2.05, 4.69) is 0 Å². The van der Waals surface area contributed by atoms with Gasteiger partial charge in [-0.25, -0.2) is 0 Å². The molecule has 2 aliphatic rings. The van der Waals surface area contributed by atoms with Crippen LogP contribution < -0.4 is 4.74 Å². The summed E-state index contributed by atoms with van der Waals surface area (Å²) < 4.78 is 22.4. The zero-order chi connectivity index (χ0) is 24.1. The van der Waals surface area contributed by atoms with Crippen molar-refractivity contribution in [1.29, 1.82) is 0 Å². The molecule has 2 aromatic carbocycles. The molecule has 2 saturated heterocycles. The molecule has 4 N–H and O–H groups in total. The molecule has 0 bridgehead atoms. The zero-order valence-corrected chi connectivity index (χ0v) is 19.5. The molecule has 0 aliphatic carbocycles. The first kappa shape index (κ1) is 25.3. The standard InChI is InChI=1S/C25H31ClO8/c26-20-6-3-16(25-24(30)23(29)22(28)21(13-27)34-25)12-17(20)11-15-1-4-18(5-2-15)32-9-10-33-19-7-8-31-14-19/h1-6,12,19,21-25,27-30H,7-11,13-14H2/t19-,21+,22+,23-,24+,25-/m0/s1. The molecule has 2 heterocycles. The van der Waals surface area contributed by atoms with E-state index in [-0.39, 0.29) is 6.10 Å². The second-order valence-electron chi connectivity index (χ2n) is 8.63. The lowest BCUT2D eigenvalue weighted by atomic mass is 9.90. The second kappa shape index (κ2) is 11.8. The van der Waals surface area contributed by atoms with Gasteiger partial charge < -0.3 is 39.4 Å². The van der Waals surface area contributed by atoms with Gasteiger partial charge in [-0.2, -0.15) is 0 Å². The minimum atomic E-state index is -1.43. The van der Waals surface area contributed by atoms with Crippen LogP contribution in [0.4, 0.5) is 0 Å². The van der Waals surface area contributed by atoms with Crippen molar-refractivity contribution in [3.05, 3.63) is 64.2 Å². The molecule has 186 valence electrons. The molecule has 0 saturated carbocycles. The number of rotatable bonds is 9. The molecule has 34 heavy (non-hydrogen) atoms. The van der Waals surface area contributed by atoms with Gasteiger partial charge in [0, 0.05) is 11.6 Å². The van der Waals surface area contributed by atoms with E-state index in [1.165, 1.54) is 0 Å². The SMILES string of the molecule is OC[C@H]1O[C@@H](c2ccc(Cl)c(Cc3ccc(OCCO[C@H]4CCOC4)cc3)c2)[C@H](O)[C@@H](O)[C@@H]1O. The van der Waals surface area contributed by atoms with Gasteiger partial charge >= 0.3 is 0 Å². The smallest absolute Gasteiger partial charge is 0.119 e. The fourth-order valence-corrected chi connectivity index (χ4v) is 4.41. The zero-order valence-electron chi connectivity index (χ0n) is 18.8. The van der Waals surface area contributed by atoms with Gasteiger partial charge in [0.15, 0.2) is 0 Å². The summed E-state index contributed by atoms with van der Waals surface area (Å²) in [6.45, 7) is 1.90. The van der Waals surface area contributed by atoms with E-state index in [1.54, 1.807) is 12.1 Å². The van der Waals surface area contributed by atoms with Crippen molar-refractivity contribution in [3.63, 3.8) is 0 Å². The van der Waals surface area contributed by atoms with Crippen molar-refractivity contribution in [2.24, 2.45) is 0 Å². The molecule has 0 radical (unpaired) electrons. The van der Waals surface area contributed by atoms with Gasteiger partial charge in [-0.3, -0.25) is 0 Å². The highest BCUT2D eigenvalue weighted by Gasteiger charge is 2.44. The molecular formula is C25H31ClO8. The van der Waals surface area contributed by atoms with Crippen molar-refractivity contribution < 1.29 is 39.4 Å². The number of aliphatic hydroxyl groups is 4. The highest BCUT2D eigenvalue weighted by Crippen LogP contribution is 2.34. The van der Waals surface area contributed by atoms with Gasteiger partial charge in [0.2, 0.25) is 0 Å². The summed E-state index contributed by atoms with van der Waals surface area (Å²) in [5, 5.41) is 40.5. The van der Waals surface area contributed by atoms with Gasteiger partial charge in [0.25, 0.3) is 0 Å². The maximum Gasteiger partial charge on any atom is 0.119 e. The lowest BCUT2D eigenvalue weighted by Gasteiger charge is -2.40. The first-order valence-electron chi connectivity index (χ1n) is 11.5. The number of halogens is 1. The second-order valence-corrected chi connectivity index (χ2v) is 9.03. The van der Waals surface area contributed by atoms with Gasteiger partial charge in [-0.05, 0) is 47.7 Å². The third-order valence-corrected chi connectivity index (χ3v) is 6.57. The average Bonchev–Trinajstić information content (AvgIpc) is 3.37. The molecule has 8 nitrogen and oxygen atoms in total. The number of ether oxygens (including phenoxy) is 4. The molecule has 2 aliphatic heterocycles. The highest BCUT2D eigenvalue weighted by molar-refractivity contribution is 6.31. The summed E-state index contributed by atoms with van der Waals surface area (Å²) >= 11 is 6.42. The third-order valence-electron chi connectivity index (χ3n) is 6.20. The molecular weight excluding hydrogens is 464 g/mol. The number of benzene rings is 2. The third kappa shape index (κ3) is 6.08. The Labute approximate surface area is 203 Å². The van der Waals surface area contributed by atoms with Crippen LogP contribution in [0, 0.1) is 0 Å². The van der Waals surface area contributed by atoms with Crippen molar-refractivity contribution in [1.82, 2.24) is 0 Å². The molecule has 0 aromatic heterocycles. The van der Waals surface area contributed by atoms with Gasteiger partial charge in [-0.15, -0.1) is 0 Å². The quantitative estimate of drug-likeness (QED) is 0.389. The summed E-state index contributed by atoms with van der Waals surface area (Å²) in [6.07, 6.45) is -4.41. The largest absolute Gasteiger partial charge is 0.491 e. The minimum Gasteiger partial charge on any atom is -0.491 e. The fourth-order valence-electron chi connectivity index (χ4n) is 4.23. The van der Waals surface area contributed by atoms with Gasteiger partial charge in [-0.1, -0.05) is 35.9 Å². The van der Waals surface area contributed by atoms with E-state index in [0.29, 0.717) is 36.8 Å². The number of hydrogen-bond acceptors (Lipinski definition) is 8. The Hall–Kier alpha value is -1.75. The molecule has 9 heteroatoms. The van der Waals surface area contributed by atoms with E-state index >= 15 is 0 Å². The lowest BCUT2D eigenvalue weighted by molar-refractivity contribution is -0.231. The Balaban J connectivity index is 1.36. The first-order valence-corrected chi connectivity index (χ1v) is 11.8. The topological polar surface area (TPSA) is 118 Å². The molecule has 6 atom stereocenters. The Morgan fingerprint density at radius 3 is 2.47 bits per heavy atom. The predicted molar refractivity (Wildman–Crippen MR) is 124 cm³/mol. The van der Waals surface area contributed by atoms with E-state index < -0.39 is 37.1 Å². The normalized spacial score (nSPS) is 29.3. The summed E-state index contributed by atoms with van der Waals surface area (Å²) in [5.41, 5.74) is 2.43. The van der Waals surface area contributed by atoms with Crippen LogP contribution in [-0.2, 0) is 20.6 Å². The predicted octanol–water partition coefficient (Wildman–Crippen LogP) is 1.63. The van der Waals surface area contributed by atoms with Gasteiger partial charge in [0.1, 0.15) is 42.9 Å². The highest BCUT2D eigenvalue weighted by atomic mass is 35.5. The number of hydrogen-bond donors (Lipinski definition) is 4. The summed E-state index contributed by atoms with van der Waals surface area (Å²) in [7, 11) is 0. The summed E-state index contributed by atoms with van der Waals surface area (Å²) in [6, 6.07) is 12.9. The maximum absolute atomic E-state index is 10.4. The Morgan fingerprint density at radius 2 is 1.76 bits per heavy atom. The Morgan fingerprint density at radius 1 is 0.971 bits per heavy atom. The molecule has 0 spiro atoms. The van der Waals surface area contributed by atoms with Crippen LogP contribution >= 0.6 is 11.6 Å². The minimum absolute atomic E-state index is 0.162. The average molecular weight is 495 g/mol. The Kier molecular flexibility index (Phi) is 8.79. The first-order chi connectivity index (χ1) is 16.5. The van der Waals surface area contributed by atoms with Crippen LogP contribution in [0.1, 0.15) is 29.2 Å². The van der Waals surface area contributed by atoms with Crippen LogP contribution in [0.5, 0.6) is 5.75 Å². The summed E-state index contributed by atoms with van der Waals surface area (Å²) in [5.74, 6) is 0.746. The summed E-state index contributed by atoms with van der Waals surface area (Å²) in [4.78, 5) is 0. The lowest BCUT2D eigenvalue weighted by Crippen LogP contribution is -2.55. The molecule has 0 unspecified atom stereocenters. The van der Waals surface area contributed by atoms with E-state index in [9.17, 15) is 20.4 Å². The molecule has 2 aromatic rings. The molecule has 0 amide bonds. The van der Waals surface area contributed by atoms with E-state index in [1.807, 2.05) is 30.3 Å². The van der Waals surface area contributed by atoms with Crippen molar-refractivity contribution in [3.8, 4) is 5.75 Å². The van der Waals surface area contributed by atoms with E-state index in [4.69, 9.17) is 30.5 Å². The van der Waals surface area contributed by atoms with Crippen LogP contribution in [0.3, 0.4) is 0 Å². The van der Waals surface area contributed by atoms with E-state index in [0.717, 1.165) is 29.9 Å². The van der Waals surface area contributed by atoms with Crippen molar-refractivity contribution in [2.45, 2.75) is 49.5 Å². The van der Waals surface area contributed by atoms with Crippen molar-refractivity contribution >= 4 is 11.6 Å². The monoisotopic (exact) mass is 494 g/mol. The fraction of sp³-hybridized carbons (Fsp3) is 0.520. The van der Waals surface area contributed by atoms with Crippen LogP contribution in [0.2, 0.25) is 5.02 Å². The van der Waals surface area contributed by atoms with Crippen molar-refractivity contribution in [2.75, 3.05) is 33.0 Å².